The zero-order valence-electron chi connectivity index (χ0n) is 8.19. The average Bonchev–Trinajstić information content (AvgIpc) is 2.68. The van der Waals surface area contributed by atoms with Gasteiger partial charge in [0.25, 0.3) is 0 Å². The molecule has 1 saturated carbocycles. The first kappa shape index (κ1) is 11.6. The van der Waals surface area contributed by atoms with Gasteiger partial charge >= 0.3 is 0 Å². The first-order valence-corrected chi connectivity index (χ1v) is 5.97. The number of hydrogen-bond donors (Lipinski definition) is 0. The summed E-state index contributed by atoms with van der Waals surface area (Å²) >= 11 is 12.0. The van der Waals surface area contributed by atoms with E-state index in [1.165, 1.54) is 25.7 Å². The van der Waals surface area contributed by atoms with Crippen LogP contribution in [0.2, 0.25) is 0 Å². The van der Waals surface area contributed by atoms with Crippen molar-refractivity contribution in [3.05, 3.63) is 0 Å². The van der Waals surface area contributed by atoms with Crippen LogP contribution in [0, 0.1) is 11.3 Å². The Kier molecular flexibility index (Phi) is 4.85. The van der Waals surface area contributed by atoms with Gasteiger partial charge in [-0.1, -0.05) is 12.8 Å². The fourth-order valence-corrected chi connectivity index (χ4v) is 3.15. The molecule has 1 nitrogen and oxygen atoms in total. The largest absolute Gasteiger partial charge is 0.384 e. The highest BCUT2D eigenvalue weighted by atomic mass is 35.5. The Morgan fingerprint density at radius 2 is 1.77 bits per heavy atom. The Bertz CT molecular complexity index is 140. The van der Waals surface area contributed by atoms with Crippen molar-refractivity contribution in [3.8, 4) is 0 Å². The van der Waals surface area contributed by atoms with Gasteiger partial charge in [0.2, 0.25) is 0 Å². The van der Waals surface area contributed by atoms with Gasteiger partial charge in [0.15, 0.2) is 0 Å². The smallest absolute Gasteiger partial charge is 0.0544 e. The van der Waals surface area contributed by atoms with Crippen molar-refractivity contribution in [2.75, 3.05) is 25.5 Å². The predicted octanol–water partition coefficient (Wildman–Crippen LogP) is 3.29. The lowest BCUT2D eigenvalue weighted by molar-refractivity contribution is 0.0666. The maximum absolute atomic E-state index is 6.02. The summed E-state index contributed by atoms with van der Waals surface area (Å²) in [4.78, 5) is 0. The van der Waals surface area contributed by atoms with Crippen molar-refractivity contribution in [2.45, 2.75) is 25.7 Å². The third-order valence-electron chi connectivity index (χ3n) is 3.19. The number of alkyl halides is 2. The summed E-state index contributed by atoms with van der Waals surface area (Å²) in [6.07, 6.45) is 5.18. The average molecular weight is 225 g/mol. The highest BCUT2D eigenvalue weighted by Crippen LogP contribution is 2.41. The van der Waals surface area contributed by atoms with Crippen LogP contribution in [0.15, 0.2) is 0 Å². The zero-order valence-corrected chi connectivity index (χ0v) is 9.70. The molecule has 0 radical (unpaired) electrons. The topological polar surface area (TPSA) is 9.23 Å². The Morgan fingerprint density at radius 3 is 2.15 bits per heavy atom. The summed E-state index contributed by atoms with van der Waals surface area (Å²) in [5, 5.41) is 0. The van der Waals surface area contributed by atoms with Crippen LogP contribution in [-0.2, 0) is 4.74 Å². The number of rotatable bonds is 5. The van der Waals surface area contributed by atoms with E-state index in [2.05, 4.69) is 0 Å². The van der Waals surface area contributed by atoms with Crippen molar-refractivity contribution >= 4 is 23.2 Å². The van der Waals surface area contributed by atoms with Crippen molar-refractivity contribution in [3.63, 3.8) is 0 Å². The summed E-state index contributed by atoms with van der Waals surface area (Å²) in [5.41, 5.74) is 0.0222. The van der Waals surface area contributed by atoms with E-state index >= 15 is 0 Å². The van der Waals surface area contributed by atoms with E-state index in [9.17, 15) is 0 Å². The first-order chi connectivity index (χ1) is 6.29. The second kappa shape index (κ2) is 5.43. The van der Waals surface area contributed by atoms with E-state index in [0.29, 0.717) is 24.3 Å². The summed E-state index contributed by atoms with van der Waals surface area (Å²) in [7, 11) is 1.72. The van der Waals surface area contributed by atoms with Crippen molar-refractivity contribution < 1.29 is 4.74 Å². The van der Waals surface area contributed by atoms with Gasteiger partial charge in [-0.15, -0.1) is 23.2 Å². The maximum atomic E-state index is 6.02. The lowest BCUT2D eigenvalue weighted by Gasteiger charge is -2.35. The SMILES string of the molecule is COCC(CCl)(CCl)C1CCCC1. The fraction of sp³-hybridized carbons (Fsp3) is 1.00. The monoisotopic (exact) mass is 224 g/mol. The molecule has 0 amide bonds. The molecule has 1 fully saturated rings. The number of ether oxygens (including phenoxy) is 1. The molecule has 13 heavy (non-hydrogen) atoms. The molecular formula is C10H18Cl2O. The van der Waals surface area contributed by atoms with Crippen LogP contribution in [0.3, 0.4) is 0 Å². The van der Waals surface area contributed by atoms with Gasteiger partial charge in [-0.25, -0.2) is 0 Å². The van der Waals surface area contributed by atoms with Crippen LogP contribution in [0.1, 0.15) is 25.7 Å². The van der Waals surface area contributed by atoms with Crippen LogP contribution in [-0.4, -0.2) is 25.5 Å². The molecule has 1 aliphatic rings. The van der Waals surface area contributed by atoms with E-state index in [4.69, 9.17) is 27.9 Å². The summed E-state index contributed by atoms with van der Waals surface area (Å²) < 4.78 is 5.23. The van der Waals surface area contributed by atoms with Crippen molar-refractivity contribution in [1.29, 1.82) is 0 Å². The number of hydrogen-bond acceptors (Lipinski definition) is 1. The van der Waals surface area contributed by atoms with Crippen molar-refractivity contribution in [2.24, 2.45) is 11.3 Å². The van der Waals surface area contributed by atoms with Gasteiger partial charge in [-0.3, -0.25) is 0 Å². The van der Waals surface area contributed by atoms with E-state index in [1.54, 1.807) is 7.11 Å². The maximum Gasteiger partial charge on any atom is 0.0544 e. The molecule has 0 aromatic heterocycles. The van der Waals surface area contributed by atoms with Gasteiger partial charge in [0, 0.05) is 24.3 Å². The van der Waals surface area contributed by atoms with Crippen LogP contribution < -0.4 is 0 Å². The third-order valence-corrected chi connectivity index (χ3v) is 4.25. The number of methoxy groups -OCH3 is 1. The number of halogens is 2. The van der Waals surface area contributed by atoms with Gasteiger partial charge < -0.3 is 4.74 Å². The summed E-state index contributed by atoms with van der Waals surface area (Å²) in [5.74, 6) is 1.91. The molecule has 0 spiro atoms. The highest BCUT2D eigenvalue weighted by molar-refractivity contribution is 6.21. The lowest BCUT2D eigenvalue weighted by Crippen LogP contribution is -2.37. The Hall–Kier alpha value is 0.540. The minimum Gasteiger partial charge on any atom is -0.384 e. The van der Waals surface area contributed by atoms with E-state index in [1.807, 2.05) is 0 Å². The molecule has 0 aromatic carbocycles. The second-order valence-corrected chi connectivity index (χ2v) is 4.58. The molecule has 0 saturated heterocycles. The van der Waals surface area contributed by atoms with Gasteiger partial charge in [-0.05, 0) is 18.8 Å². The van der Waals surface area contributed by atoms with Crippen molar-refractivity contribution in [1.82, 2.24) is 0 Å². The molecule has 1 rings (SSSR count). The van der Waals surface area contributed by atoms with Crippen LogP contribution in [0.25, 0.3) is 0 Å². The van der Waals surface area contributed by atoms with E-state index < -0.39 is 0 Å². The molecule has 0 aromatic rings. The van der Waals surface area contributed by atoms with Gasteiger partial charge in [-0.2, -0.15) is 0 Å². The minimum atomic E-state index is 0.0222. The van der Waals surface area contributed by atoms with Crippen LogP contribution in [0.5, 0.6) is 0 Å². The third kappa shape index (κ3) is 2.51. The van der Waals surface area contributed by atoms with E-state index in [0.717, 1.165) is 0 Å². The molecular weight excluding hydrogens is 207 g/mol. The fourth-order valence-electron chi connectivity index (χ4n) is 2.27. The molecule has 0 N–H and O–H groups in total. The molecule has 1 aliphatic carbocycles. The second-order valence-electron chi connectivity index (χ2n) is 4.04. The molecule has 3 heteroatoms. The quantitative estimate of drug-likeness (QED) is 0.652. The first-order valence-electron chi connectivity index (χ1n) is 4.90. The molecule has 0 atom stereocenters. The minimum absolute atomic E-state index is 0.0222. The van der Waals surface area contributed by atoms with Gasteiger partial charge in [0.05, 0.1) is 6.61 Å². The Balaban J connectivity index is 2.62. The van der Waals surface area contributed by atoms with Gasteiger partial charge in [0.1, 0.15) is 0 Å². The van der Waals surface area contributed by atoms with Crippen LogP contribution >= 0.6 is 23.2 Å². The molecule has 0 aliphatic heterocycles. The lowest BCUT2D eigenvalue weighted by atomic mass is 9.78. The normalized spacial score (nSPS) is 19.6. The molecule has 0 heterocycles. The zero-order chi connectivity index (χ0) is 9.73. The van der Waals surface area contributed by atoms with Crippen LogP contribution in [0.4, 0.5) is 0 Å². The van der Waals surface area contributed by atoms with E-state index in [-0.39, 0.29) is 5.41 Å². The molecule has 0 unspecified atom stereocenters. The highest BCUT2D eigenvalue weighted by Gasteiger charge is 2.38. The Labute approximate surface area is 90.7 Å². The molecule has 78 valence electrons. The standard InChI is InChI=1S/C10H18Cl2O/c1-13-8-10(6-11,7-12)9-4-2-3-5-9/h9H,2-8H2,1H3. The summed E-state index contributed by atoms with van der Waals surface area (Å²) in [6, 6.07) is 0. The summed E-state index contributed by atoms with van der Waals surface area (Å²) in [6.45, 7) is 0.699. The Morgan fingerprint density at radius 1 is 1.23 bits per heavy atom. The molecule has 0 bridgehead atoms. The predicted molar refractivity (Wildman–Crippen MR) is 57.7 cm³/mol.